The average Bonchev–Trinajstić information content (AvgIpc) is 3.04. The van der Waals surface area contributed by atoms with Crippen molar-refractivity contribution < 1.29 is 7.86 Å². The van der Waals surface area contributed by atoms with Crippen LogP contribution in [0, 0.1) is 11.8 Å². The van der Waals surface area contributed by atoms with E-state index in [4.69, 9.17) is 3.07 Å². The Morgan fingerprint density at radius 1 is 1.19 bits per heavy atom. The van der Waals surface area contributed by atoms with E-state index in [-0.39, 0.29) is 11.8 Å². The number of aromatic nitrogens is 2. The first-order chi connectivity index (χ1) is 12.6. The summed E-state index contributed by atoms with van der Waals surface area (Å²) in [6.45, 7) is 1.81. The molecule has 1 amide bonds. The van der Waals surface area contributed by atoms with E-state index in [0.29, 0.717) is 5.56 Å². The van der Waals surface area contributed by atoms with Crippen LogP contribution in [0.15, 0.2) is 54.7 Å². The smallest absolute Gasteiger partial charge is 0.262 e. The Morgan fingerprint density at radius 3 is 2.62 bits per heavy atom. The molecule has 0 saturated heterocycles. The van der Waals surface area contributed by atoms with Crippen molar-refractivity contribution in [2.75, 3.05) is 5.32 Å². The van der Waals surface area contributed by atoms with E-state index in [1.54, 1.807) is 40.9 Å². The molecular formula is C20H16IN3O2. The van der Waals surface area contributed by atoms with Crippen LogP contribution in [-0.2, 0) is 7.05 Å². The Kier molecular flexibility index (Phi) is 5.58. The van der Waals surface area contributed by atoms with Gasteiger partial charge in [-0.25, -0.2) is 0 Å². The van der Waals surface area contributed by atoms with Crippen molar-refractivity contribution in [1.29, 1.82) is 0 Å². The third kappa shape index (κ3) is 3.89. The summed E-state index contributed by atoms with van der Waals surface area (Å²) in [7, 11) is 1.74. The highest BCUT2D eigenvalue weighted by molar-refractivity contribution is 14.1. The first-order valence-electron chi connectivity index (χ1n) is 7.88. The molecule has 0 aliphatic carbocycles. The third-order valence-electron chi connectivity index (χ3n) is 3.75. The van der Waals surface area contributed by atoms with Gasteiger partial charge < -0.3 is 8.38 Å². The second-order valence-corrected chi connectivity index (χ2v) is 5.99. The average molecular weight is 457 g/mol. The quantitative estimate of drug-likeness (QED) is 0.466. The van der Waals surface area contributed by atoms with Crippen molar-refractivity contribution in [3.8, 4) is 28.8 Å². The topological polar surface area (TPSA) is 56.2 Å². The van der Waals surface area contributed by atoms with Gasteiger partial charge in [0.05, 0.1) is 0 Å². The molecule has 0 saturated carbocycles. The normalized spacial score (nSPS) is 9.96. The van der Waals surface area contributed by atoms with E-state index in [9.17, 15) is 4.79 Å². The number of carbonyl (C=O) groups is 1. The van der Waals surface area contributed by atoms with Crippen LogP contribution in [-0.4, -0.2) is 15.7 Å². The molecule has 130 valence electrons. The molecule has 0 aliphatic rings. The van der Waals surface area contributed by atoms with E-state index >= 15 is 0 Å². The minimum absolute atomic E-state index is 0.273. The molecule has 1 aromatic heterocycles. The summed E-state index contributed by atoms with van der Waals surface area (Å²) in [6, 6.07) is 15.6. The number of hydrogen-bond acceptors (Lipinski definition) is 3. The number of anilines is 1. The maximum atomic E-state index is 12.7. The Bertz CT molecular complexity index is 998. The number of rotatable bonds is 4. The van der Waals surface area contributed by atoms with Gasteiger partial charge in [0.15, 0.2) is 23.0 Å². The zero-order chi connectivity index (χ0) is 18.5. The molecule has 0 bridgehead atoms. The number of nitrogens with one attached hydrogen (secondary N) is 1. The van der Waals surface area contributed by atoms with Gasteiger partial charge in [0, 0.05) is 30.1 Å². The number of aryl methyl sites for hydroxylation is 1. The third-order valence-corrected chi connectivity index (χ3v) is 4.17. The van der Waals surface area contributed by atoms with Crippen LogP contribution >= 0.6 is 23.0 Å². The summed E-state index contributed by atoms with van der Waals surface area (Å²) in [6.07, 6.45) is 1.63. The van der Waals surface area contributed by atoms with Crippen LogP contribution in [0.5, 0.6) is 5.88 Å². The number of benzene rings is 2. The highest BCUT2D eigenvalue weighted by Gasteiger charge is 2.18. The van der Waals surface area contributed by atoms with Gasteiger partial charge in [-0.1, -0.05) is 36.3 Å². The lowest BCUT2D eigenvalue weighted by atomic mass is 10.0. The van der Waals surface area contributed by atoms with Crippen LogP contribution in [0.3, 0.4) is 0 Å². The molecule has 0 spiro atoms. The largest absolute Gasteiger partial charge is 0.406 e. The van der Waals surface area contributed by atoms with Crippen molar-refractivity contribution in [3.63, 3.8) is 0 Å². The lowest BCUT2D eigenvalue weighted by molar-refractivity contribution is 0.102. The van der Waals surface area contributed by atoms with Crippen LogP contribution in [0.25, 0.3) is 11.1 Å². The van der Waals surface area contributed by atoms with Crippen LogP contribution in [0.4, 0.5) is 5.69 Å². The van der Waals surface area contributed by atoms with Crippen molar-refractivity contribution in [2.24, 2.45) is 7.05 Å². The fourth-order valence-corrected chi connectivity index (χ4v) is 2.92. The molecule has 0 radical (unpaired) electrons. The van der Waals surface area contributed by atoms with E-state index in [0.717, 1.165) is 22.4 Å². The molecule has 0 atom stereocenters. The number of halogens is 1. The molecule has 0 aliphatic heterocycles. The fraction of sp³-hybridized carbons (Fsp3) is 0.100. The summed E-state index contributed by atoms with van der Waals surface area (Å²) in [4.78, 5) is 12.7. The van der Waals surface area contributed by atoms with Gasteiger partial charge in [0.1, 0.15) is 5.56 Å². The Morgan fingerprint density at radius 2 is 1.92 bits per heavy atom. The molecule has 1 N–H and O–H groups in total. The molecule has 5 nitrogen and oxygen atoms in total. The summed E-state index contributed by atoms with van der Waals surface area (Å²) >= 11 is 1.72. The minimum atomic E-state index is -0.273. The summed E-state index contributed by atoms with van der Waals surface area (Å²) < 4.78 is 6.68. The van der Waals surface area contributed by atoms with Gasteiger partial charge in [0.25, 0.3) is 11.8 Å². The Labute approximate surface area is 166 Å². The summed E-state index contributed by atoms with van der Waals surface area (Å²) in [5.41, 5.74) is 3.98. The number of carbonyl (C=O) groups excluding carboxylic acids is 1. The van der Waals surface area contributed by atoms with Gasteiger partial charge in [-0.2, -0.15) is 0 Å². The van der Waals surface area contributed by atoms with Crippen LogP contribution < -0.4 is 8.38 Å². The van der Waals surface area contributed by atoms with Crippen molar-refractivity contribution in [3.05, 3.63) is 65.9 Å². The molecule has 3 rings (SSSR count). The maximum Gasteiger partial charge on any atom is 0.262 e. The molecule has 0 fully saturated rings. The first kappa shape index (κ1) is 18.0. The lowest BCUT2D eigenvalue weighted by Crippen LogP contribution is -2.12. The lowest BCUT2D eigenvalue weighted by Gasteiger charge is -2.11. The monoisotopic (exact) mass is 457 g/mol. The predicted molar refractivity (Wildman–Crippen MR) is 110 cm³/mol. The molecule has 26 heavy (non-hydrogen) atoms. The zero-order valence-corrected chi connectivity index (χ0v) is 16.4. The van der Waals surface area contributed by atoms with Gasteiger partial charge >= 0.3 is 0 Å². The van der Waals surface area contributed by atoms with Crippen LogP contribution in [0.2, 0.25) is 0 Å². The molecule has 0 unspecified atom stereocenters. The van der Waals surface area contributed by atoms with Gasteiger partial charge in [-0.05, 0) is 30.7 Å². The molecule has 6 heteroatoms. The number of amides is 1. The molecule has 1 heterocycles. The van der Waals surface area contributed by atoms with Crippen molar-refractivity contribution in [1.82, 2.24) is 9.78 Å². The van der Waals surface area contributed by atoms with E-state index < -0.39 is 0 Å². The highest BCUT2D eigenvalue weighted by atomic mass is 127. The standard InChI is InChI=1S/C20H16IN3O2/c1-3-6-14-9-11-15(12-10-14)16-7-4-5-8-18(16)22-19(25)17-13-24(2)23-20(17)26-21/h4-5,7-13H,1-2H3,(H,22,25). The second-order valence-electron chi connectivity index (χ2n) is 5.55. The molecule has 2 aromatic carbocycles. The fourth-order valence-electron chi connectivity index (χ4n) is 2.59. The maximum absolute atomic E-state index is 12.7. The van der Waals surface area contributed by atoms with Crippen LogP contribution in [0.1, 0.15) is 22.8 Å². The van der Waals surface area contributed by atoms with Gasteiger partial charge in [-0.3, -0.25) is 9.48 Å². The van der Waals surface area contributed by atoms with E-state index in [1.165, 1.54) is 0 Å². The number of hydrogen-bond donors (Lipinski definition) is 1. The zero-order valence-electron chi connectivity index (χ0n) is 14.3. The summed E-state index contributed by atoms with van der Waals surface area (Å²) in [5, 5.41) is 7.06. The minimum Gasteiger partial charge on any atom is -0.406 e. The highest BCUT2D eigenvalue weighted by Crippen LogP contribution is 2.29. The van der Waals surface area contributed by atoms with Crippen molar-refractivity contribution >= 4 is 34.6 Å². The SMILES string of the molecule is CC#Cc1ccc(-c2ccccc2NC(=O)c2cn(C)nc2OI)cc1. The Balaban J connectivity index is 1.91. The van der Waals surface area contributed by atoms with Crippen molar-refractivity contribution in [2.45, 2.75) is 6.92 Å². The van der Waals surface area contributed by atoms with Gasteiger partial charge in [-0.15, -0.1) is 11.0 Å². The van der Waals surface area contributed by atoms with E-state index in [1.807, 2.05) is 55.5 Å². The molecule has 3 aromatic rings. The predicted octanol–water partition coefficient (Wildman–Crippen LogP) is 4.44. The second kappa shape index (κ2) is 8.06. The Hall–Kier alpha value is -2.79. The molecular weight excluding hydrogens is 441 g/mol. The number of nitrogens with zero attached hydrogens (tertiary/aromatic N) is 2. The number of para-hydroxylation sites is 1. The first-order valence-corrected chi connectivity index (χ1v) is 8.76. The van der Waals surface area contributed by atoms with Gasteiger partial charge in [0.2, 0.25) is 0 Å². The summed E-state index contributed by atoms with van der Waals surface area (Å²) in [5.74, 6) is 5.92. The van der Waals surface area contributed by atoms with E-state index in [2.05, 4.69) is 22.3 Å².